The average molecular weight is 296 g/mol. The highest BCUT2D eigenvalue weighted by Crippen LogP contribution is 2.45. The molecule has 3 atom stereocenters. The first-order valence-corrected chi connectivity index (χ1v) is 8.08. The predicted octanol–water partition coefficient (Wildman–Crippen LogP) is 1.77. The van der Waals surface area contributed by atoms with Crippen LogP contribution in [-0.4, -0.2) is 35.6 Å². The van der Waals surface area contributed by atoms with E-state index < -0.39 is 5.97 Å². The maximum atomic E-state index is 11.7. The summed E-state index contributed by atoms with van der Waals surface area (Å²) >= 11 is 0. The first kappa shape index (κ1) is 16.3. The number of carboxylic acids is 1. The highest BCUT2D eigenvalue weighted by atomic mass is 16.4. The Kier molecular flexibility index (Phi) is 4.91. The zero-order valence-corrected chi connectivity index (χ0v) is 13.3. The van der Waals surface area contributed by atoms with E-state index in [-0.39, 0.29) is 23.2 Å². The van der Waals surface area contributed by atoms with Crippen molar-refractivity contribution in [3.8, 4) is 0 Å². The molecule has 120 valence electrons. The minimum atomic E-state index is -0.686. The third-order valence-electron chi connectivity index (χ3n) is 5.44. The molecule has 2 saturated carbocycles. The molecular formula is C16H28N2O3. The van der Waals surface area contributed by atoms with Gasteiger partial charge < -0.3 is 15.7 Å². The average Bonchev–Trinajstić information content (AvgIpc) is 3.18. The molecule has 0 aliphatic heterocycles. The molecule has 21 heavy (non-hydrogen) atoms. The molecule has 2 aliphatic carbocycles. The van der Waals surface area contributed by atoms with Crippen molar-refractivity contribution in [1.29, 1.82) is 0 Å². The van der Waals surface area contributed by atoms with Crippen LogP contribution in [0.5, 0.6) is 0 Å². The molecule has 1 amide bonds. The van der Waals surface area contributed by atoms with E-state index in [2.05, 4.69) is 17.6 Å². The molecule has 3 unspecified atom stereocenters. The van der Waals surface area contributed by atoms with Crippen molar-refractivity contribution < 1.29 is 14.7 Å². The van der Waals surface area contributed by atoms with Gasteiger partial charge in [0.1, 0.15) is 0 Å². The van der Waals surface area contributed by atoms with Crippen LogP contribution in [0.15, 0.2) is 0 Å². The molecule has 0 aromatic rings. The SMILES string of the molecule is CC1C(NCCC(=O)NC2CC2)CCC(C(=O)O)C1(C)C. The molecule has 2 aliphatic rings. The second-order valence-corrected chi connectivity index (χ2v) is 7.23. The number of nitrogens with one attached hydrogen (secondary N) is 2. The maximum absolute atomic E-state index is 11.7. The van der Waals surface area contributed by atoms with Crippen molar-refractivity contribution in [3.05, 3.63) is 0 Å². The molecule has 0 radical (unpaired) electrons. The number of hydrogen-bond acceptors (Lipinski definition) is 3. The lowest BCUT2D eigenvalue weighted by molar-refractivity contribution is -0.150. The van der Waals surface area contributed by atoms with Gasteiger partial charge in [-0.05, 0) is 37.0 Å². The molecule has 0 heterocycles. The highest BCUT2D eigenvalue weighted by molar-refractivity contribution is 5.76. The van der Waals surface area contributed by atoms with Crippen molar-refractivity contribution in [2.75, 3.05) is 6.54 Å². The summed E-state index contributed by atoms with van der Waals surface area (Å²) in [5, 5.41) is 15.8. The van der Waals surface area contributed by atoms with Gasteiger partial charge in [-0.2, -0.15) is 0 Å². The smallest absolute Gasteiger partial charge is 0.307 e. The van der Waals surface area contributed by atoms with Gasteiger partial charge in [0.2, 0.25) is 5.91 Å². The van der Waals surface area contributed by atoms with Crippen LogP contribution in [0.25, 0.3) is 0 Å². The first-order valence-electron chi connectivity index (χ1n) is 8.08. The van der Waals surface area contributed by atoms with E-state index in [0.717, 1.165) is 19.3 Å². The lowest BCUT2D eigenvalue weighted by atomic mass is 9.61. The van der Waals surface area contributed by atoms with Gasteiger partial charge in [-0.1, -0.05) is 20.8 Å². The van der Waals surface area contributed by atoms with Gasteiger partial charge in [0.05, 0.1) is 5.92 Å². The molecule has 2 fully saturated rings. The van der Waals surface area contributed by atoms with E-state index in [1.807, 2.05) is 13.8 Å². The monoisotopic (exact) mass is 296 g/mol. The lowest BCUT2D eigenvalue weighted by Gasteiger charge is -2.46. The fourth-order valence-electron chi connectivity index (χ4n) is 3.42. The van der Waals surface area contributed by atoms with Crippen LogP contribution in [0.3, 0.4) is 0 Å². The van der Waals surface area contributed by atoms with E-state index >= 15 is 0 Å². The van der Waals surface area contributed by atoms with E-state index in [4.69, 9.17) is 0 Å². The molecule has 0 bridgehead atoms. The van der Waals surface area contributed by atoms with Gasteiger partial charge in [-0.3, -0.25) is 9.59 Å². The highest BCUT2D eigenvalue weighted by Gasteiger charge is 2.45. The predicted molar refractivity (Wildman–Crippen MR) is 80.9 cm³/mol. The van der Waals surface area contributed by atoms with Gasteiger partial charge in [0, 0.05) is 25.0 Å². The zero-order chi connectivity index (χ0) is 15.6. The summed E-state index contributed by atoms with van der Waals surface area (Å²) in [6.07, 6.45) is 4.31. The van der Waals surface area contributed by atoms with Crippen molar-refractivity contribution in [2.24, 2.45) is 17.3 Å². The number of hydrogen-bond donors (Lipinski definition) is 3. The molecule has 0 saturated heterocycles. The minimum absolute atomic E-state index is 0.121. The summed E-state index contributed by atoms with van der Waals surface area (Å²) < 4.78 is 0. The molecule has 2 rings (SSSR count). The second-order valence-electron chi connectivity index (χ2n) is 7.23. The molecule has 0 aromatic carbocycles. The van der Waals surface area contributed by atoms with Crippen LogP contribution in [0.1, 0.15) is 52.9 Å². The number of carboxylic acid groups (broad SMARTS) is 1. The fraction of sp³-hybridized carbons (Fsp3) is 0.875. The van der Waals surface area contributed by atoms with E-state index in [9.17, 15) is 14.7 Å². The van der Waals surface area contributed by atoms with E-state index in [0.29, 0.717) is 31.5 Å². The number of carbonyl (C=O) groups is 2. The zero-order valence-electron chi connectivity index (χ0n) is 13.3. The Balaban J connectivity index is 1.78. The van der Waals surface area contributed by atoms with Crippen LogP contribution in [-0.2, 0) is 9.59 Å². The van der Waals surface area contributed by atoms with Crippen LogP contribution < -0.4 is 10.6 Å². The molecule has 5 heteroatoms. The van der Waals surface area contributed by atoms with E-state index in [1.54, 1.807) is 0 Å². The summed E-state index contributed by atoms with van der Waals surface area (Å²) in [6.45, 7) is 6.88. The Morgan fingerprint density at radius 3 is 2.43 bits per heavy atom. The van der Waals surface area contributed by atoms with Crippen molar-refractivity contribution in [2.45, 2.75) is 65.0 Å². The van der Waals surface area contributed by atoms with Gasteiger partial charge in [0.25, 0.3) is 0 Å². The fourth-order valence-corrected chi connectivity index (χ4v) is 3.42. The summed E-state index contributed by atoms with van der Waals surface area (Å²) in [5.41, 5.74) is -0.224. The molecule has 5 nitrogen and oxygen atoms in total. The van der Waals surface area contributed by atoms with Crippen molar-refractivity contribution in [3.63, 3.8) is 0 Å². The summed E-state index contributed by atoms with van der Waals surface area (Å²) in [6, 6.07) is 0.714. The summed E-state index contributed by atoms with van der Waals surface area (Å²) in [4.78, 5) is 23.0. The largest absolute Gasteiger partial charge is 0.481 e. The Morgan fingerprint density at radius 2 is 1.86 bits per heavy atom. The van der Waals surface area contributed by atoms with Crippen molar-refractivity contribution in [1.82, 2.24) is 10.6 Å². The standard InChI is InChI=1S/C16H28N2O3/c1-10-13(7-6-12(15(20)21)16(10,2)3)17-9-8-14(19)18-11-4-5-11/h10-13,17H,4-9H2,1-3H3,(H,18,19)(H,20,21). The van der Waals surface area contributed by atoms with E-state index in [1.165, 1.54) is 0 Å². The Bertz CT molecular complexity index is 404. The van der Waals surface area contributed by atoms with Gasteiger partial charge in [-0.25, -0.2) is 0 Å². The third kappa shape index (κ3) is 3.96. The number of aliphatic carboxylic acids is 1. The van der Waals surface area contributed by atoms with Crippen LogP contribution >= 0.6 is 0 Å². The topological polar surface area (TPSA) is 78.4 Å². The third-order valence-corrected chi connectivity index (χ3v) is 5.44. The van der Waals surface area contributed by atoms with Gasteiger partial charge >= 0.3 is 5.97 Å². The molecule has 0 aromatic heterocycles. The first-order chi connectivity index (χ1) is 9.82. The Labute approximate surface area is 126 Å². The number of rotatable bonds is 6. The summed E-state index contributed by atoms with van der Waals surface area (Å²) in [5.74, 6) is -0.562. The van der Waals surface area contributed by atoms with Crippen LogP contribution in [0.4, 0.5) is 0 Å². The van der Waals surface area contributed by atoms with Gasteiger partial charge in [0.15, 0.2) is 0 Å². The normalized spacial score (nSPS) is 31.7. The molecular weight excluding hydrogens is 268 g/mol. The summed E-state index contributed by atoms with van der Waals surface area (Å²) in [7, 11) is 0. The lowest BCUT2D eigenvalue weighted by Crippen LogP contribution is -2.51. The quantitative estimate of drug-likeness (QED) is 0.698. The molecule has 3 N–H and O–H groups in total. The maximum Gasteiger partial charge on any atom is 0.307 e. The van der Waals surface area contributed by atoms with Crippen LogP contribution in [0.2, 0.25) is 0 Å². The van der Waals surface area contributed by atoms with Gasteiger partial charge in [-0.15, -0.1) is 0 Å². The Hall–Kier alpha value is -1.10. The second kappa shape index (κ2) is 6.34. The van der Waals surface area contributed by atoms with Crippen molar-refractivity contribution >= 4 is 11.9 Å². The minimum Gasteiger partial charge on any atom is -0.481 e. The number of amides is 1. The number of carbonyl (C=O) groups excluding carboxylic acids is 1. The Morgan fingerprint density at radius 1 is 1.19 bits per heavy atom. The molecule has 0 spiro atoms. The van der Waals surface area contributed by atoms with Crippen LogP contribution in [0, 0.1) is 17.3 Å².